The minimum absolute atomic E-state index is 0.164. The number of hydrogen-bond donors (Lipinski definition) is 1. The maximum atomic E-state index is 11.5. The molecule has 0 fully saturated rings. The first-order valence-electron chi connectivity index (χ1n) is 6.90. The molecule has 0 aliphatic heterocycles. The van der Waals surface area contributed by atoms with Gasteiger partial charge in [-0.15, -0.1) is 0 Å². The van der Waals surface area contributed by atoms with Crippen LogP contribution in [-0.4, -0.2) is 31.4 Å². The van der Waals surface area contributed by atoms with Crippen LogP contribution in [0.5, 0.6) is 17.2 Å². The summed E-state index contributed by atoms with van der Waals surface area (Å²) in [7, 11) is 3.02. The van der Waals surface area contributed by atoms with Crippen LogP contribution in [0.15, 0.2) is 42.5 Å². The quantitative estimate of drug-likeness (QED) is 0.839. The van der Waals surface area contributed by atoms with E-state index in [-0.39, 0.29) is 6.42 Å². The Morgan fingerprint density at radius 2 is 1.74 bits per heavy atom. The van der Waals surface area contributed by atoms with Crippen molar-refractivity contribution in [3.8, 4) is 17.2 Å². The highest BCUT2D eigenvalue weighted by atomic mass is 35.5. The molecule has 0 aromatic heterocycles. The van der Waals surface area contributed by atoms with Crippen molar-refractivity contribution in [2.24, 2.45) is 0 Å². The molecule has 23 heavy (non-hydrogen) atoms. The van der Waals surface area contributed by atoms with E-state index < -0.39 is 12.1 Å². The van der Waals surface area contributed by atoms with E-state index in [9.17, 15) is 9.90 Å². The number of carbonyl (C=O) groups is 1. The molecule has 5 nitrogen and oxygen atoms in total. The third-order valence-corrected chi connectivity index (χ3v) is 3.55. The van der Waals surface area contributed by atoms with Gasteiger partial charge in [0.25, 0.3) is 0 Å². The van der Waals surface area contributed by atoms with Gasteiger partial charge in [0.05, 0.1) is 19.2 Å². The van der Waals surface area contributed by atoms with Crippen molar-refractivity contribution < 1.29 is 24.1 Å². The van der Waals surface area contributed by atoms with Crippen LogP contribution in [0.25, 0.3) is 0 Å². The number of benzene rings is 2. The Kier molecular flexibility index (Phi) is 5.71. The van der Waals surface area contributed by atoms with Gasteiger partial charge >= 0.3 is 5.97 Å². The number of para-hydroxylation sites is 2. The average molecular weight is 337 g/mol. The fourth-order valence-electron chi connectivity index (χ4n) is 2.10. The zero-order valence-electron chi connectivity index (χ0n) is 12.8. The molecular formula is C17H17ClO5. The molecule has 0 saturated carbocycles. The van der Waals surface area contributed by atoms with Gasteiger partial charge in [0, 0.05) is 6.42 Å². The van der Waals surface area contributed by atoms with Crippen molar-refractivity contribution in [2.45, 2.75) is 12.5 Å². The van der Waals surface area contributed by atoms with Crippen molar-refractivity contribution in [2.75, 3.05) is 14.2 Å². The Balaban J connectivity index is 2.19. The van der Waals surface area contributed by atoms with Crippen molar-refractivity contribution in [1.82, 2.24) is 0 Å². The average Bonchev–Trinajstić information content (AvgIpc) is 2.54. The standard InChI is InChI=1S/C17H17ClO5/c1-21-13-8-7-11(9-12(13)18)10-16(17(19)20)23-15-6-4-3-5-14(15)22-2/h3-9,16H,10H2,1-2H3,(H,19,20). The first-order chi connectivity index (χ1) is 11.0. The van der Waals surface area contributed by atoms with Crippen LogP contribution in [0.1, 0.15) is 5.56 Å². The Hall–Kier alpha value is -2.40. The molecule has 0 saturated heterocycles. The van der Waals surface area contributed by atoms with E-state index in [0.717, 1.165) is 5.56 Å². The van der Waals surface area contributed by atoms with Crippen LogP contribution in [0, 0.1) is 0 Å². The summed E-state index contributed by atoms with van der Waals surface area (Å²) in [4.78, 5) is 11.5. The van der Waals surface area contributed by atoms with Crippen LogP contribution < -0.4 is 14.2 Å². The van der Waals surface area contributed by atoms with Crippen LogP contribution >= 0.6 is 11.6 Å². The van der Waals surface area contributed by atoms with Gasteiger partial charge in [0.1, 0.15) is 5.75 Å². The lowest BCUT2D eigenvalue weighted by Gasteiger charge is -2.17. The zero-order chi connectivity index (χ0) is 16.8. The summed E-state index contributed by atoms with van der Waals surface area (Å²) in [6, 6.07) is 12.0. The molecule has 0 heterocycles. The Labute approximate surface area is 139 Å². The maximum Gasteiger partial charge on any atom is 0.345 e. The molecule has 2 rings (SSSR count). The smallest absolute Gasteiger partial charge is 0.345 e. The molecule has 0 amide bonds. The van der Waals surface area contributed by atoms with Gasteiger partial charge in [0.2, 0.25) is 0 Å². The van der Waals surface area contributed by atoms with Crippen LogP contribution in [0.2, 0.25) is 5.02 Å². The molecular weight excluding hydrogens is 320 g/mol. The summed E-state index contributed by atoms with van der Waals surface area (Å²) in [5.41, 5.74) is 0.734. The fraction of sp³-hybridized carbons (Fsp3) is 0.235. The monoisotopic (exact) mass is 336 g/mol. The normalized spacial score (nSPS) is 11.6. The van der Waals surface area contributed by atoms with Gasteiger partial charge < -0.3 is 19.3 Å². The first kappa shape index (κ1) is 17.0. The number of rotatable bonds is 7. The highest BCUT2D eigenvalue weighted by Crippen LogP contribution is 2.29. The van der Waals surface area contributed by atoms with Crippen molar-refractivity contribution in [1.29, 1.82) is 0 Å². The number of methoxy groups -OCH3 is 2. The third kappa shape index (κ3) is 4.29. The highest BCUT2D eigenvalue weighted by molar-refractivity contribution is 6.32. The number of ether oxygens (including phenoxy) is 3. The molecule has 2 aromatic rings. The summed E-state index contributed by atoms with van der Waals surface area (Å²) in [5.74, 6) is 0.323. The minimum atomic E-state index is -1.07. The Morgan fingerprint density at radius 3 is 2.30 bits per heavy atom. The predicted octanol–water partition coefficient (Wildman–Crippen LogP) is 3.43. The van der Waals surface area contributed by atoms with E-state index >= 15 is 0 Å². The van der Waals surface area contributed by atoms with Gasteiger partial charge in [-0.25, -0.2) is 4.79 Å². The second kappa shape index (κ2) is 7.74. The third-order valence-electron chi connectivity index (χ3n) is 3.25. The van der Waals surface area contributed by atoms with Gasteiger partial charge in [-0.05, 0) is 29.8 Å². The van der Waals surface area contributed by atoms with Crippen molar-refractivity contribution in [3.63, 3.8) is 0 Å². The molecule has 0 spiro atoms. The first-order valence-corrected chi connectivity index (χ1v) is 7.28. The molecule has 1 unspecified atom stereocenters. The predicted molar refractivity (Wildman–Crippen MR) is 86.8 cm³/mol. The lowest BCUT2D eigenvalue weighted by molar-refractivity contribution is -0.145. The summed E-state index contributed by atoms with van der Waals surface area (Å²) in [5, 5.41) is 9.83. The minimum Gasteiger partial charge on any atom is -0.495 e. The van der Waals surface area contributed by atoms with Crippen LogP contribution in [0.4, 0.5) is 0 Å². The van der Waals surface area contributed by atoms with E-state index in [1.165, 1.54) is 14.2 Å². The SMILES string of the molecule is COc1ccc(CC(Oc2ccccc2OC)C(=O)O)cc1Cl. The van der Waals surface area contributed by atoms with E-state index in [4.69, 9.17) is 25.8 Å². The summed E-state index contributed by atoms with van der Waals surface area (Å²) in [6.45, 7) is 0. The van der Waals surface area contributed by atoms with Crippen molar-refractivity contribution >= 4 is 17.6 Å². The van der Waals surface area contributed by atoms with Gasteiger partial charge in [-0.2, -0.15) is 0 Å². The van der Waals surface area contributed by atoms with Gasteiger partial charge in [-0.3, -0.25) is 0 Å². The van der Waals surface area contributed by atoms with Gasteiger partial charge in [-0.1, -0.05) is 29.8 Å². The van der Waals surface area contributed by atoms with E-state index in [1.54, 1.807) is 42.5 Å². The summed E-state index contributed by atoms with van der Waals surface area (Å²) >= 11 is 6.07. The molecule has 0 aliphatic carbocycles. The van der Waals surface area contributed by atoms with E-state index in [1.807, 2.05) is 0 Å². The van der Waals surface area contributed by atoms with Crippen molar-refractivity contribution in [3.05, 3.63) is 53.1 Å². The Morgan fingerprint density at radius 1 is 1.09 bits per heavy atom. The van der Waals surface area contributed by atoms with Crippen LogP contribution in [0.3, 0.4) is 0 Å². The topological polar surface area (TPSA) is 65.0 Å². The number of aliphatic carboxylic acids is 1. The van der Waals surface area contributed by atoms with Crippen LogP contribution in [-0.2, 0) is 11.2 Å². The fourth-order valence-corrected chi connectivity index (χ4v) is 2.38. The number of hydrogen-bond acceptors (Lipinski definition) is 4. The Bertz CT molecular complexity index is 686. The maximum absolute atomic E-state index is 11.5. The second-order valence-electron chi connectivity index (χ2n) is 4.77. The molecule has 6 heteroatoms. The molecule has 0 aliphatic rings. The second-order valence-corrected chi connectivity index (χ2v) is 5.18. The zero-order valence-corrected chi connectivity index (χ0v) is 13.5. The van der Waals surface area contributed by atoms with Gasteiger partial charge in [0.15, 0.2) is 17.6 Å². The number of carboxylic acid groups (broad SMARTS) is 1. The molecule has 2 aromatic carbocycles. The largest absolute Gasteiger partial charge is 0.495 e. The lowest BCUT2D eigenvalue weighted by atomic mass is 10.1. The van der Waals surface area contributed by atoms with E-state index in [0.29, 0.717) is 22.3 Å². The number of carboxylic acids is 1. The highest BCUT2D eigenvalue weighted by Gasteiger charge is 2.22. The lowest BCUT2D eigenvalue weighted by Crippen LogP contribution is -2.29. The van der Waals surface area contributed by atoms with E-state index in [2.05, 4.69) is 0 Å². The summed E-state index contributed by atoms with van der Waals surface area (Å²) in [6.07, 6.45) is -0.896. The number of halogens is 1. The summed E-state index contributed by atoms with van der Waals surface area (Å²) < 4.78 is 15.9. The molecule has 1 N–H and O–H groups in total. The molecule has 1 atom stereocenters. The molecule has 0 bridgehead atoms. The molecule has 0 radical (unpaired) electrons. The molecule has 122 valence electrons.